The van der Waals surface area contributed by atoms with E-state index in [-0.39, 0.29) is 6.03 Å². The first kappa shape index (κ1) is 16.6. The molecule has 1 aromatic heterocycles. The third kappa shape index (κ3) is 3.82. The fraction of sp³-hybridized carbons (Fsp3) is 0.389. The molecule has 1 aromatic carbocycles. The quantitative estimate of drug-likeness (QED) is 0.904. The van der Waals surface area contributed by atoms with Gasteiger partial charge in [-0.15, -0.1) is 11.3 Å². The number of nitrogens with one attached hydrogen (secondary N) is 1. The van der Waals surface area contributed by atoms with Gasteiger partial charge in [-0.2, -0.15) is 0 Å². The monoisotopic (exact) mass is 346 g/mol. The SMILES string of the molecule is COc1cc(NC(=O)N2CCC(c3cccs3)CC2)cc(OC)c1. The molecule has 3 rings (SSSR count). The van der Waals surface area contributed by atoms with E-state index in [1.807, 2.05) is 4.90 Å². The Morgan fingerprint density at radius 3 is 2.38 bits per heavy atom. The van der Waals surface area contributed by atoms with Gasteiger partial charge >= 0.3 is 6.03 Å². The Balaban J connectivity index is 1.60. The Bertz CT molecular complexity index is 657. The Morgan fingerprint density at radius 1 is 1.17 bits per heavy atom. The summed E-state index contributed by atoms with van der Waals surface area (Å²) in [5.41, 5.74) is 0.677. The molecule has 1 saturated heterocycles. The number of urea groups is 1. The minimum absolute atomic E-state index is 0.0741. The number of rotatable bonds is 4. The van der Waals surface area contributed by atoms with Crippen molar-refractivity contribution in [2.24, 2.45) is 0 Å². The first-order valence-corrected chi connectivity index (χ1v) is 8.90. The number of carbonyl (C=O) groups excluding carboxylic acids is 1. The van der Waals surface area contributed by atoms with E-state index < -0.39 is 0 Å². The van der Waals surface area contributed by atoms with Crippen molar-refractivity contribution in [1.82, 2.24) is 4.90 Å². The lowest BCUT2D eigenvalue weighted by Gasteiger charge is -2.31. The Kier molecular flexibility index (Phi) is 5.25. The van der Waals surface area contributed by atoms with E-state index >= 15 is 0 Å². The number of hydrogen-bond donors (Lipinski definition) is 1. The minimum Gasteiger partial charge on any atom is -0.497 e. The van der Waals surface area contributed by atoms with Crippen molar-refractivity contribution in [3.8, 4) is 11.5 Å². The highest BCUT2D eigenvalue weighted by Crippen LogP contribution is 2.31. The molecule has 1 fully saturated rings. The summed E-state index contributed by atoms with van der Waals surface area (Å²) in [6, 6.07) is 9.57. The van der Waals surface area contributed by atoms with Crippen LogP contribution < -0.4 is 14.8 Å². The van der Waals surface area contributed by atoms with Gasteiger partial charge in [0.2, 0.25) is 0 Å². The highest BCUT2D eigenvalue weighted by atomic mass is 32.1. The van der Waals surface area contributed by atoms with Crippen LogP contribution in [0.1, 0.15) is 23.6 Å². The average molecular weight is 346 g/mol. The number of piperidine rings is 1. The average Bonchev–Trinajstić information content (AvgIpc) is 3.16. The zero-order chi connectivity index (χ0) is 16.9. The van der Waals surface area contributed by atoms with Crippen molar-refractivity contribution in [3.63, 3.8) is 0 Å². The van der Waals surface area contributed by atoms with Gasteiger partial charge in [0.15, 0.2) is 0 Å². The molecule has 0 aliphatic carbocycles. The number of carbonyl (C=O) groups is 1. The van der Waals surface area contributed by atoms with Crippen molar-refractivity contribution in [2.45, 2.75) is 18.8 Å². The fourth-order valence-corrected chi connectivity index (χ4v) is 3.87. The molecule has 1 aliphatic rings. The van der Waals surface area contributed by atoms with E-state index in [0.29, 0.717) is 23.1 Å². The van der Waals surface area contributed by atoms with Crippen LogP contribution in [0.4, 0.5) is 10.5 Å². The lowest BCUT2D eigenvalue weighted by atomic mass is 9.95. The van der Waals surface area contributed by atoms with Crippen molar-refractivity contribution < 1.29 is 14.3 Å². The number of benzene rings is 1. The van der Waals surface area contributed by atoms with Gasteiger partial charge in [0.25, 0.3) is 0 Å². The molecule has 1 N–H and O–H groups in total. The van der Waals surface area contributed by atoms with Crippen LogP contribution in [0.5, 0.6) is 11.5 Å². The predicted molar refractivity (Wildman–Crippen MR) is 96.4 cm³/mol. The van der Waals surface area contributed by atoms with Crippen molar-refractivity contribution in [1.29, 1.82) is 0 Å². The van der Waals surface area contributed by atoms with Crippen LogP contribution in [-0.4, -0.2) is 38.2 Å². The number of amides is 2. The Labute approximate surface area is 146 Å². The van der Waals surface area contributed by atoms with Gasteiger partial charge in [-0.1, -0.05) is 6.07 Å². The van der Waals surface area contributed by atoms with E-state index in [9.17, 15) is 4.79 Å². The van der Waals surface area contributed by atoms with E-state index in [1.165, 1.54) is 4.88 Å². The zero-order valence-electron chi connectivity index (χ0n) is 14.0. The molecule has 0 spiro atoms. The normalized spacial score (nSPS) is 15.2. The lowest BCUT2D eigenvalue weighted by molar-refractivity contribution is 0.195. The molecule has 0 radical (unpaired) electrons. The van der Waals surface area contributed by atoms with Crippen LogP contribution >= 0.6 is 11.3 Å². The van der Waals surface area contributed by atoms with Crippen LogP contribution in [0.3, 0.4) is 0 Å². The van der Waals surface area contributed by atoms with E-state index in [1.54, 1.807) is 43.8 Å². The largest absolute Gasteiger partial charge is 0.497 e. The molecular formula is C18H22N2O3S. The summed E-state index contributed by atoms with van der Waals surface area (Å²) in [6.07, 6.45) is 2.02. The second-order valence-electron chi connectivity index (χ2n) is 5.81. The molecule has 5 nitrogen and oxygen atoms in total. The minimum atomic E-state index is -0.0741. The molecule has 2 amide bonds. The van der Waals surface area contributed by atoms with Crippen LogP contribution in [0.2, 0.25) is 0 Å². The molecular weight excluding hydrogens is 324 g/mol. The topological polar surface area (TPSA) is 50.8 Å². The highest BCUT2D eigenvalue weighted by Gasteiger charge is 2.24. The first-order chi connectivity index (χ1) is 11.7. The molecule has 128 valence electrons. The molecule has 0 bridgehead atoms. The predicted octanol–water partition coefficient (Wildman–Crippen LogP) is 4.18. The lowest BCUT2D eigenvalue weighted by Crippen LogP contribution is -2.40. The zero-order valence-corrected chi connectivity index (χ0v) is 14.8. The van der Waals surface area contributed by atoms with Gasteiger partial charge in [-0.05, 0) is 30.2 Å². The number of ether oxygens (including phenoxy) is 2. The van der Waals surface area contributed by atoms with Gasteiger partial charge < -0.3 is 19.7 Å². The van der Waals surface area contributed by atoms with Crippen LogP contribution in [0, 0.1) is 0 Å². The third-order valence-electron chi connectivity index (χ3n) is 4.33. The fourth-order valence-electron chi connectivity index (χ4n) is 2.97. The molecule has 0 atom stereocenters. The standard InChI is InChI=1S/C18H22N2O3S/c1-22-15-10-14(11-16(12-15)23-2)19-18(21)20-7-5-13(6-8-20)17-4-3-9-24-17/h3-4,9-13H,5-8H2,1-2H3,(H,19,21). The smallest absolute Gasteiger partial charge is 0.321 e. The number of nitrogens with zero attached hydrogens (tertiary/aromatic N) is 1. The third-order valence-corrected chi connectivity index (χ3v) is 5.37. The van der Waals surface area contributed by atoms with Crippen molar-refractivity contribution >= 4 is 23.1 Å². The van der Waals surface area contributed by atoms with Gasteiger partial charge in [-0.25, -0.2) is 4.79 Å². The second kappa shape index (κ2) is 7.57. The van der Waals surface area contributed by atoms with Crippen LogP contribution in [-0.2, 0) is 0 Å². The van der Waals surface area contributed by atoms with Gasteiger partial charge in [0.05, 0.1) is 14.2 Å². The number of thiophene rings is 1. The first-order valence-electron chi connectivity index (χ1n) is 8.02. The van der Waals surface area contributed by atoms with E-state index in [0.717, 1.165) is 25.9 Å². The van der Waals surface area contributed by atoms with Crippen LogP contribution in [0.25, 0.3) is 0 Å². The van der Waals surface area contributed by atoms with Crippen molar-refractivity contribution in [3.05, 3.63) is 40.6 Å². The summed E-state index contributed by atoms with van der Waals surface area (Å²) in [5, 5.41) is 5.06. The summed E-state index contributed by atoms with van der Waals surface area (Å²) in [5.74, 6) is 1.88. The van der Waals surface area contributed by atoms with Crippen molar-refractivity contribution in [2.75, 3.05) is 32.6 Å². The maximum Gasteiger partial charge on any atom is 0.321 e. The maximum atomic E-state index is 12.5. The Morgan fingerprint density at radius 2 is 1.83 bits per heavy atom. The van der Waals surface area contributed by atoms with E-state index in [2.05, 4.69) is 22.8 Å². The number of anilines is 1. The number of hydrogen-bond acceptors (Lipinski definition) is 4. The van der Waals surface area contributed by atoms with Crippen LogP contribution in [0.15, 0.2) is 35.7 Å². The molecule has 1 aliphatic heterocycles. The molecule has 2 heterocycles. The van der Waals surface area contributed by atoms with Gasteiger partial charge in [0, 0.05) is 41.9 Å². The summed E-state index contributed by atoms with van der Waals surface area (Å²) in [4.78, 5) is 15.8. The summed E-state index contributed by atoms with van der Waals surface area (Å²) in [6.45, 7) is 1.55. The maximum absolute atomic E-state index is 12.5. The molecule has 0 saturated carbocycles. The summed E-state index contributed by atoms with van der Waals surface area (Å²) >= 11 is 1.80. The summed E-state index contributed by atoms with van der Waals surface area (Å²) in [7, 11) is 3.19. The number of methoxy groups -OCH3 is 2. The summed E-state index contributed by atoms with van der Waals surface area (Å²) < 4.78 is 10.5. The second-order valence-corrected chi connectivity index (χ2v) is 6.79. The molecule has 2 aromatic rings. The molecule has 24 heavy (non-hydrogen) atoms. The molecule has 6 heteroatoms. The van der Waals surface area contributed by atoms with Gasteiger partial charge in [0.1, 0.15) is 11.5 Å². The Hall–Kier alpha value is -2.21. The highest BCUT2D eigenvalue weighted by molar-refractivity contribution is 7.10. The van der Waals surface area contributed by atoms with Gasteiger partial charge in [-0.3, -0.25) is 0 Å². The number of likely N-dealkylation sites (tertiary alicyclic amines) is 1. The molecule has 0 unspecified atom stereocenters. The van der Waals surface area contributed by atoms with E-state index in [4.69, 9.17) is 9.47 Å².